The fourth-order valence-electron chi connectivity index (χ4n) is 1.57. The molecular formula is C10H17F3O3. The lowest BCUT2D eigenvalue weighted by Crippen LogP contribution is -2.13. The average Bonchev–Trinajstić information content (AvgIpc) is 2.63. The molecule has 16 heavy (non-hydrogen) atoms. The highest BCUT2D eigenvalue weighted by molar-refractivity contribution is 4.62. The van der Waals surface area contributed by atoms with Crippen LogP contribution in [-0.2, 0) is 14.2 Å². The molecule has 2 unspecified atom stereocenters. The molecule has 0 N–H and O–H groups in total. The highest BCUT2D eigenvalue weighted by atomic mass is 19.4. The Bertz CT molecular complexity index is 196. The highest BCUT2D eigenvalue weighted by Gasteiger charge is 2.27. The van der Waals surface area contributed by atoms with Crippen LogP contribution in [0.2, 0.25) is 0 Å². The van der Waals surface area contributed by atoms with Gasteiger partial charge < -0.3 is 14.2 Å². The predicted molar refractivity (Wildman–Crippen MR) is 50.8 cm³/mol. The second-order valence-corrected chi connectivity index (χ2v) is 3.83. The van der Waals surface area contributed by atoms with Crippen LogP contribution in [0.3, 0.4) is 0 Å². The number of methoxy groups -OCH3 is 1. The molecule has 0 radical (unpaired) electrons. The summed E-state index contributed by atoms with van der Waals surface area (Å²) in [5.41, 5.74) is 0. The predicted octanol–water partition coefficient (Wildman–Crippen LogP) is 2.84. The van der Waals surface area contributed by atoms with Crippen molar-refractivity contribution in [3.63, 3.8) is 0 Å². The van der Waals surface area contributed by atoms with E-state index in [1.165, 1.54) is 7.11 Å². The Morgan fingerprint density at radius 2 is 2.00 bits per heavy atom. The molecule has 1 rings (SSSR count). The number of rotatable bonds is 6. The molecule has 0 spiro atoms. The van der Waals surface area contributed by atoms with Crippen LogP contribution in [0.5, 0.6) is 0 Å². The number of unbranched alkanes of at least 4 members (excludes halogenated alkanes) is 2. The minimum Gasteiger partial charge on any atom is -0.333 e. The Labute approximate surface area is 92.9 Å². The maximum Gasteiger partial charge on any atom is 0.389 e. The van der Waals surface area contributed by atoms with Gasteiger partial charge in [-0.15, -0.1) is 0 Å². The normalized spacial score (nSPS) is 26.2. The van der Waals surface area contributed by atoms with Gasteiger partial charge in [0, 0.05) is 13.5 Å². The van der Waals surface area contributed by atoms with E-state index in [1.54, 1.807) is 0 Å². The van der Waals surface area contributed by atoms with Crippen LogP contribution in [0.4, 0.5) is 13.2 Å². The van der Waals surface area contributed by atoms with Crippen molar-refractivity contribution in [3.05, 3.63) is 0 Å². The Morgan fingerprint density at radius 3 is 2.56 bits per heavy atom. The third-order valence-electron chi connectivity index (χ3n) is 2.40. The van der Waals surface area contributed by atoms with Crippen molar-refractivity contribution in [2.75, 3.05) is 13.7 Å². The fourth-order valence-corrected chi connectivity index (χ4v) is 1.57. The smallest absolute Gasteiger partial charge is 0.333 e. The van der Waals surface area contributed by atoms with E-state index >= 15 is 0 Å². The molecule has 1 fully saturated rings. The third kappa shape index (κ3) is 5.67. The molecular weight excluding hydrogens is 225 g/mol. The first-order valence-corrected chi connectivity index (χ1v) is 5.38. The van der Waals surface area contributed by atoms with Gasteiger partial charge in [-0.05, 0) is 12.8 Å². The van der Waals surface area contributed by atoms with Crippen LogP contribution in [0, 0.1) is 0 Å². The minimum absolute atomic E-state index is 0.0455. The zero-order valence-electron chi connectivity index (χ0n) is 9.26. The zero-order valence-corrected chi connectivity index (χ0v) is 9.26. The minimum atomic E-state index is -4.03. The molecule has 1 heterocycles. The van der Waals surface area contributed by atoms with E-state index in [0.717, 1.165) is 12.8 Å². The number of hydrogen-bond acceptors (Lipinski definition) is 3. The second-order valence-electron chi connectivity index (χ2n) is 3.83. The molecule has 3 nitrogen and oxygen atoms in total. The molecule has 96 valence electrons. The second kappa shape index (κ2) is 6.42. The third-order valence-corrected chi connectivity index (χ3v) is 2.40. The number of hydrogen-bond donors (Lipinski definition) is 0. The molecule has 1 saturated heterocycles. The first kappa shape index (κ1) is 13.7. The van der Waals surface area contributed by atoms with Gasteiger partial charge >= 0.3 is 6.18 Å². The van der Waals surface area contributed by atoms with Crippen molar-refractivity contribution in [1.29, 1.82) is 0 Å². The summed E-state index contributed by atoms with van der Waals surface area (Å²) in [5.74, 6) is 0. The Hall–Kier alpha value is -0.330. The molecule has 0 amide bonds. The number of alkyl halides is 3. The topological polar surface area (TPSA) is 27.7 Å². The van der Waals surface area contributed by atoms with Crippen molar-refractivity contribution in [1.82, 2.24) is 0 Å². The molecule has 1 aliphatic heterocycles. The summed E-state index contributed by atoms with van der Waals surface area (Å²) in [7, 11) is 1.48. The SMILES string of the molecule is COC1OCC(CCCCCC(F)(F)F)O1. The van der Waals surface area contributed by atoms with Crippen molar-refractivity contribution >= 4 is 0 Å². The van der Waals surface area contributed by atoms with E-state index in [1.807, 2.05) is 0 Å². The van der Waals surface area contributed by atoms with Gasteiger partial charge in [-0.2, -0.15) is 13.2 Å². The van der Waals surface area contributed by atoms with Crippen LogP contribution < -0.4 is 0 Å². The highest BCUT2D eigenvalue weighted by Crippen LogP contribution is 2.24. The van der Waals surface area contributed by atoms with Crippen molar-refractivity contribution < 1.29 is 27.4 Å². The van der Waals surface area contributed by atoms with Crippen molar-refractivity contribution in [2.24, 2.45) is 0 Å². The van der Waals surface area contributed by atoms with Crippen LogP contribution in [0.1, 0.15) is 32.1 Å². The fraction of sp³-hybridized carbons (Fsp3) is 1.00. The largest absolute Gasteiger partial charge is 0.389 e. The van der Waals surface area contributed by atoms with Crippen LogP contribution in [0.15, 0.2) is 0 Å². The number of ether oxygens (including phenoxy) is 3. The van der Waals surface area contributed by atoms with E-state index in [0.29, 0.717) is 13.0 Å². The summed E-state index contributed by atoms with van der Waals surface area (Å²) < 4.78 is 50.7. The summed E-state index contributed by atoms with van der Waals surface area (Å²) in [6, 6.07) is 0. The van der Waals surface area contributed by atoms with E-state index in [9.17, 15) is 13.2 Å². The Balaban J connectivity index is 1.96. The van der Waals surface area contributed by atoms with Gasteiger partial charge in [0.15, 0.2) is 0 Å². The molecule has 0 aromatic rings. The summed E-state index contributed by atoms with van der Waals surface area (Å²) in [6.07, 6.45) is -2.58. The van der Waals surface area contributed by atoms with Gasteiger partial charge in [-0.3, -0.25) is 0 Å². The molecule has 6 heteroatoms. The number of halogens is 3. The van der Waals surface area contributed by atoms with Crippen molar-refractivity contribution in [3.8, 4) is 0 Å². The lowest BCUT2D eigenvalue weighted by Gasteiger charge is -2.09. The first-order chi connectivity index (χ1) is 7.51. The molecule has 0 saturated carbocycles. The van der Waals surface area contributed by atoms with Gasteiger partial charge in [0.2, 0.25) is 0 Å². The maximum absolute atomic E-state index is 11.8. The summed E-state index contributed by atoms with van der Waals surface area (Å²) in [6.45, 7) is -0.155. The maximum atomic E-state index is 11.8. The van der Waals surface area contributed by atoms with E-state index in [2.05, 4.69) is 0 Å². The molecule has 2 atom stereocenters. The molecule has 1 aliphatic rings. The first-order valence-electron chi connectivity index (χ1n) is 5.38. The molecule has 0 aromatic carbocycles. The van der Waals surface area contributed by atoms with Gasteiger partial charge in [0.25, 0.3) is 6.48 Å². The van der Waals surface area contributed by atoms with Crippen LogP contribution in [0.25, 0.3) is 0 Å². The van der Waals surface area contributed by atoms with Gasteiger partial charge in [0.05, 0.1) is 12.7 Å². The van der Waals surface area contributed by atoms with Gasteiger partial charge in [0.1, 0.15) is 0 Å². The molecule has 0 aliphatic carbocycles. The monoisotopic (exact) mass is 242 g/mol. The van der Waals surface area contributed by atoms with Gasteiger partial charge in [-0.1, -0.05) is 12.8 Å². The van der Waals surface area contributed by atoms with Crippen LogP contribution >= 0.6 is 0 Å². The summed E-state index contributed by atoms with van der Waals surface area (Å²) in [5, 5.41) is 0. The lowest BCUT2D eigenvalue weighted by molar-refractivity contribution is -0.223. The lowest BCUT2D eigenvalue weighted by atomic mass is 10.1. The zero-order chi connectivity index (χ0) is 12.0. The van der Waals surface area contributed by atoms with Crippen LogP contribution in [-0.4, -0.2) is 32.5 Å². The standard InChI is InChI=1S/C10H17F3O3/c1-14-9-15-7-8(16-9)5-3-2-4-6-10(11,12)13/h8-9H,2-7H2,1H3. The Morgan fingerprint density at radius 1 is 1.25 bits per heavy atom. The summed E-state index contributed by atoms with van der Waals surface area (Å²) in [4.78, 5) is 0. The summed E-state index contributed by atoms with van der Waals surface area (Å²) >= 11 is 0. The van der Waals surface area contributed by atoms with Gasteiger partial charge in [-0.25, -0.2) is 0 Å². The van der Waals surface area contributed by atoms with E-state index in [-0.39, 0.29) is 12.5 Å². The quantitative estimate of drug-likeness (QED) is 0.670. The Kier molecular flexibility index (Phi) is 5.51. The molecule has 0 bridgehead atoms. The average molecular weight is 242 g/mol. The molecule has 0 aromatic heterocycles. The van der Waals surface area contributed by atoms with E-state index < -0.39 is 19.1 Å². The van der Waals surface area contributed by atoms with E-state index in [4.69, 9.17) is 14.2 Å². The van der Waals surface area contributed by atoms with Crippen molar-refractivity contribution in [2.45, 2.75) is 50.9 Å².